The molecular formula is C18H26N4O. The van der Waals surface area contributed by atoms with E-state index in [1.165, 1.54) is 0 Å². The van der Waals surface area contributed by atoms with E-state index in [1.807, 2.05) is 31.3 Å². The largest absolute Gasteiger partial charge is 0.370 e. The summed E-state index contributed by atoms with van der Waals surface area (Å²) in [7, 11) is 2.03. The third-order valence-corrected chi connectivity index (χ3v) is 3.87. The van der Waals surface area contributed by atoms with Gasteiger partial charge in [0.15, 0.2) is 0 Å². The van der Waals surface area contributed by atoms with Crippen LogP contribution in [0.25, 0.3) is 0 Å². The Balaban J connectivity index is 1.87. The van der Waals surface area contributed by atoms with Crippen LogP contribution in [0, 0.1) is 5.92 Å². The van der Waals surface area contributed by atoms with Crippen LogP contribution in [-0.4, -0.2) is 35.7 Å². The van der Waals surface area contributed by atoms with Crippen LogP contribution in [0.3, 0.4) is 0 Å². The summed E-state index contributed by atoms with van der Waals surface area (Å²) in [5.74, 6) is 0.399. The summed E-state index contributed by atoms with van der Waals surface area (Å²) in [5, 5.41) is 9.99. The highest BCUT2D eigenvalue weighted by Crippen LogP contribution is 2.13. The highest BCUT2D eigenvalue weighted by atomic mass is 16.1. The lowest BCUT2D eigenvalue weighted by Crippen LogP contribution is -2.40. The van der Waals surface area contributed by atoms with Crippen molar-refractivity contribution in [2.45, 2.75) is 33.2 Å². The Bertz CT molecular complexity index is 621. The predicted molar refractivity (Wildman–Crippen MR) is 93.8 cm³/mol. The van der Waals surface area contributed by atoms with Crippen molar-refractivity contribution in [1.82, 2.24) is 15.5 Å². The number of H-pyrrole nitrogens is 1. The Morgan fingerprint density at radius 3 is 2.61 bits per heavy atom. The van der Waals surface area contributed by atoms with E-state index in [0.717, 1.165) is 17.8 Å². The Labute approximate surface area is 138 Å². The zero-order valence-corrected chi connectivity index (χ0v) is 14.3. The highest BCUT2D eigenvalue weighted by molar-refractivity contribution is 5.92. The van der Waals surface area contributed by atoms with Crippen LogP contribution in [-0.2, 0) is 6.42 Å². The van der Waals surface area contributed by atoms with Crippen LogP contribution >= 0.6 is 0 Å². The van der Waals surface area contributed by atoms with Crippen molar-refractivity contribution in [3.8, 4) is 0 Å². The summed E-state index contributed by atoms with van der Waals surface area (Å²) in [6.45, 7) is 6.93. The number of para-hydroxylation sites is 1. The molecule has 1 aromatic carbocycles. The molecule has 2 aromatic rings. The minimum atomic E-state index is -0.135. The molecule has 1 aromatic heterocycles. The number of nitrogens with zero attached hydrogens (tertiary/aromatic N) is 2. The van der Waals surface area contributed by atoms with Gasteiger partial charge in [-0.25, -0.2) is 0 Å². The lowest BCUT2D eigenvalue weighted by molar-refractivity contribution is 0.0946. The lowest BCUT2D eigenvalue weighted by atomic mass is 10.1. The average molecular weight is 314 g/mol. The van der Waals surface area contributed by atoms with Gasteiger partial charge >= 0.3 is 0 Å². The maximum absolute atomic E-state index is 12.2. The number of benzene rings is 1. The van der Waals surface area contributed by atoms with Gasteiger partial charge in [-0.1, -0.05) is 32.0 Å². The van der Waals surface area contributed by atoms with Crippen LogP contribution in [0.1, 0.15) is 37.0 Å². The molecule has 0 aliphatic carbocycles. The molecule has 2 rings (SSSR count). The normalized spacial score (nSPS) is 12.2. The first-order valence-corrected chi connectivity index (χ1v) is 8.07. The molecule has 124 valence electrons. The minimum absolute atomic E-state index is 0.135. The second kappa shape index (κ2) is 7.81. The lowest BCUT2D eigenvalue weighted by Gasteiger charge is -2.27. The number of anilines is 1. The summed E-state index contributed by atoms with van der Waals surface area (Å²) >= 11 is 0. The second-order valence-electron chi connectivity index (χ2n) is 6.38. The standard InChI is InChI=1S/C18H26N4O/c1-13(2)10-15-11-17(21-20-15)18(23)19-12-14(3)22(4)16-8-6-5-7-9-16/h5-9,11,13-14H,10,12H2,1-4H3,(H,19,23)(H,20,21). The number of aromatic amines is 1. The molecule has 5 nitrogen and oxygen atoms in total. The molecule has 0 bridgehead atoms. The van der Waals surface area contributed by atoms with E-state index in [4.69, 9.17) is 0 Å². The first-order chi connectivity index (χ1) is 11.0. The van der Waals surface area contributed by atoms with Crippen molar-refractivity contribution in [2.75, 3.05) is 18.5 Å². The van der Waals surface area contributed by atoms with Gasteiger partial charge in [0.2, 0.25) is 0 Å². The molecule has 0 aliphatic heterocycles. The topological polar surface area (TPSA) is 61.0 Å². The van der Waals surface area contributed by atoms with Gasteiger partial charge in [0.05, 0.1) is 0 Å². The molecule has 2 N–H and O–H groups in total. The zero-order chi connectivity index (χ0) is 16.8. The Hall–Kier alpha value is -2.30. The van der Waals surface area contributed by atoms with Gasteiger partial charge in [-0.2, -0.15) is 5.10 Å². The number of hydrogen-bond acceptors (Lipinski definition) is 3. The molecule has 0 spiro atoms. The van der Waals surface area contributed by atoms with E-state index in [9.17, 15) is 4.79 Å². The van der Waals surface area contributed by atoms with Crippen LogP contribution in [0.15, 0.2) is 36.4 Å². The molecular weight excluding hydrogens is 288 g/mol. The molecule has 1 amide bonds. The number of hydrogen-bond donors (Lipinski definition) is 2. The van der Waals surface area contributed by atoms with Gasteiger partial charge in [-0.3, -0.25) is 9.89 Å². The van der Waals surface area contributed by atoms with Crippen LogP contribution in [0.5, 0.6) is 0 Å². The Kier molecular flexibility index (Phi) is 5.79. The quantitative estimate of drug-likeness (QED) is 0.826. The number of carbonyl (C=O) groups excluding carboxylic acids is 1. The fourth-order valence-corrected chi connectivity index (χ4v) is 2.41. The fraction of sp³-hybridized carbons (Fsp3) is 0.444. The summed E-state index contributed by atoms with van der Waals surface area (Å²) in [4.78, 5) is 14.3. The average Bonchev–Trinajstić information content (AvgIpc) is 3.00. The molecule has 5 heteroatoms. The van der Waals surface area contributed by atoms with Crippen LogP contribution in [0.2, 0.25) is 0 Å². The SMILES string of the molecule is CC(C)Cc1cc(C(=O)NCC(C)N(C)c2ccccc2)n[nH]1. The molecule has 1 heterocycles. The van der Waals surface area contributed by atoms with Crippen molar-refractivity contribution in [3.05, 3.63) is 47.8 Å². The van der Waals surface area contributed by atoms with Crippen molar-refractivity contribution < 1.29 is 4.79 Å². The van der Waals surface area contributed by atoms with Crippen LogP contribution < -0.4 is 10.2 Å². The van der Waals surface area contributed by atoms with Gasteiger partial charge in [0, 0.05) is 31.0 Å². The van der Waals surface area contributed by atoms with Crippen LogP contribution in [0.4, 0.5) is 5.69 Å². The third-order valence-electron chi connectivity index (χ3n) is 3.87. The Morgan fingerprint density at radius 2 is 1.96 bits per heavy atom. The molecule has 0 saturated carbocycles. The number of aromatic nitrogens is 2. The van der Waals surface area contributed by atoms with Gasteiger partial charge in [0.25, 0.3) is 5.91 Å². The number of rotatable bonds is 7. The molecule has 1 atom stereocenters. The number of amides is 1. The molecule has 0 aliphatic rings. The molecule has 0 radical (unpaired) electrons. The van der Waals surface area contributed by atoms with E-state index >= 15 is 0 Å². The maximum Gasteiger partial charge on any atom is 0.271 e. The van der Waals surface area contributed by atoms with Gasteiger partial charge in [0.1, 0.15) is 5.69 Å². The van der Waals surface area contributed by atoms with E-state index in [2.05, 4.69) is 53.3 Å². The molecule has 23 heavy (non-hydrogen) atoms. The van der Waals surface area contributed by atoms with Gasteiger partial charge < -0.3 is 10.2 Å². The summed E-state index contributed by atoms with van der Waals surface area (Å²) in [5.41, 5.74) is 2.59. The number of carbonyl (C=O) groups is 1. The summed E-state index contributed by atoms with van der Waals surface area (Å²) in [6.07, 6.45) is 0.896. The van der Waals surface area contributed by atoms with E-state index in [0.29, 0.717) is 18.2 Å². The predicted octanol–water partition coefficient (Wildman–Crippen LogP) is 2.86. The van der Waals surface area contributed by atoms with Crippen molar-refractivity contribution in [1.29, 1.82) is 0 Å². The zero-order valence-electron chi connectivity index (χ0n) is 14.3. The minimum Gasteiger partial charge on any atom is -0.370 e. The monoisotopic (exact) mass is 314 g/mol. The molecule has 0 saturated heterocycles. The smallest absolute Gasteiger partial charge is 0.271 e. The Morgan fingerprint density at radius 1 is 1.26 bits per heavy atom. The first-order valence-electron chi connectivity index (χ1n) is 8.07. The maximum atomic E-state index is 12.2. The fourth-order valence-electron chi connectivity index (χ4n) is 2.41. The summed E-state index contributed by atoms with van der Waals surface area (Å²) in [6, 6.07) is 12.2. The van der Waals surface area contributed by atoms with E-state index in [-0.39, 0.29) is 11.9 Å². The molecule has 1 unspecified atom stereocenters. The second-order valence-corrected chi connectivity index (χ2v) is 6.38. The summed E-state index contributed by atoms with van der Waals surface area (Å²) < 4.78 is 0. The number of likely N-dealkylation sites (N-methyl/N-ethyl adjacent to an activating group) is 1. The first kappa shape index (κ1) is 17.1. The molecule has 0 fully saturated rings. The number of nitrogens with one attached hydrogen (secondary N) is 2. The highest BCUT2D eigenvalue weighted by Gasteiger charge is 2.14. The third kappa shape index (κ3) is 4.84. The van der Waals surface area contributed by atoms with Gasteiger partial charge in [-0.05, 0) is 37.5 Å². The van der Waals surface area contributed by atoms with E-state index in [1.54, 1.807) is 0 Å². The van der Waals surface area contributed by atoms with E-state index < -0.39 is 0 Å². The van der Waals surface area contributed by atoms with Crippen molar-refractivity contribution in [3.63, 3.8) is 0 Å². The van der Waals surface area contributed by atoms with Crippen molar-refractivity contribution in [2.24, 2.45) is 5.92 Å². The van der Waals surface area contributed by atoms with Gasteiger partial charge in [-0.15, -0.1) is 0 Å². The van der Waals surface area contributed by atoms with Crippen molar-refractivity contribution >= 4 is 11.6 Å².